The van der Waals surface area contributed by atoms with E-state index in [-0.39, 0.29) is 29.3 Å². The molecule has 2 aromatic heterocycles. The highest BCUT2D eigenvalue weighted by atomic mass is 32.2. The van der Waals surface area contributed by atoms with E-state index in [1.54, 1.807) is 0 Å². The average molecular weight is 685 g/mol. The Labute approximate surface area is 269 Å². The number of hydrogen-bond acceptors (Lipinski definition) is 12. The molecular weight excluding hydrogens is 643 g/mol. The lowest BCUT2D eigenvalue weighted by Gasteiger charge is -2.34. The zero-order valence-electron chi connectivity index (χ0n) is 27.1. The molecule has 1 unspecified atom stereocenters. The molecule has 6 N–H and O–H groups in total. The summed E-state index contributed by atoms with van der Waals surface area (Å²) in [6.07, 6.45) is 2.71. The number of anilines is 2. The zero-order valence-corrected chi connectivity index (χ0v) is 28.8. The summed E-state index contributed by atoms with van der Waals surface area (Å²) in [5.74, 6) is -1.54. The SMILES string of the molecule is CC=C(C)Nc1ccc(F)c([C@]2(C)CS(=O)(=O)N(C)C(N)=N2)n1.CCC(C)Nc1ccc(F)c([C@]2(C)CS(=O)(=O)N(C)C(N)=N2)n1. The summed E-state index contributed by atoms with van der Waals surface area (Å²) in [5.41, 5.74) is 9.34. The molecule has 3 atom stereocenters. The third-order valence-electron chi connectivity index (χ3n) is 7.61. The maximum Gasteiger partial charge on any atom is 0.239 e. The van der Waals surface area contributed by atoms with Gasteiger partial charge in [0.15, 0.2) is 0 Å². The molecule has 2 aliphatic heterocycles. The van der Waals surface area contributed by atoms with Gasteiger partial charge in [-0.05, 0) is 65.3 Å². The van der Waals surface area contributed by atoms with Crippen molar-refractivity contribution in [2.24, 2.45) is 21.5 Å². The predicted molar refractivity (Wildman–Crippen MR) is 176 cm³/mol. The summed E-state index contributed by atoms with van der Waals surface area (Å²) in [6, 6.07) is 5.64. The highest BCUT2D eigenvalue weighted by molar-refractivity contribution is 7.90. The molecule has 0 spiro atoms. The minimum atomic E-state index is -3.68. The number of allylic oxidation sites excluding steroid dienone is 2. The minimum Gasteiger partial charge on any atom is -0.369 e. The van der Waals surface area contributed by atoms with Gasteiger partial charge in [0.05, 0.1) is 0 Å². The molecule has 4 heterocycles. The van der Waals surface area contributed by atoms with Crippen molar-refractivity contribution < 1.29 is 25.6 Å². The molecule has 0 amide bonds. The van der Waals surface area contributed by atoms with Gasteiger partial charge in [0, 0.05) is 25.8 Å². The van der Waals surface area contributed by atoms with Gasteiger partial charge in [-0.15, -0.1) is 0 Å². The molecule has 2 aromatic rings. The summed E-state index contributed by atoms with van der Waals surface area (Å²) in [6.45, 7) is 10.7. The number of sulfonamides is 2. The van der Waals surface area contributed by atoms with Crippen LogP contribution in [0.4, 0.5) is 20.4 Å². The first kappa shape index (κ1) is 36.4. The van der Waals surface area contributed by atoms with Crippen molar-refractivity contribution in [2.45, 2.75) is 65.1 Å². The van der Waals surface area contributed by atoms with Crippen LogP contribution in [-0.2, 0) is 31.1 Å². The van der Waals surface area contributed by atoms with Gasteiger partial charge in [-0.1, -0.05) is 13.0 Å². The number of nitrogens with zero attached hydrogens (tertiary/aromatic N) is 6. The lowest BCUT2D eigenvalue weighted by molar-refractivity contribution is 0.445. The fourth-order valence-corrected chi connectivity index (χ4v) is 7.42. The van der Waals surface area contributed by atoms with Crippen LogP contribution < -0.4 is 22.1 Å². The number of halogens is 2. The third-order valence-corrected chi connectivity index (χ3v) is 11.5. The first-order valence-electron chi connectivity index (χ1n) is 14.3. The summed E-state index contributed by atoms with van der Waals surface area (Å²) in [5, 5.41) is 6.14. The van der Waals surface area contributed by atoms with Gasteiger partial charge in [-0.25, -0.2) is 54.2 Å². The Kier molecular flexibility index (Phi) is 10.6. The van der Waals surface area contributed by atoms with E-state index in [2.05, 4.69) is 30.6 Å². The first-order chi connectivity index (χ1) is 21.2. The number of rotatable bonds is 7. The van der Waals surface area contributed by atoms with Crippen molar-refractivity contribution in [1.29, 1.82) is 0 Å². The molecule has 0 bridgehead atoms. The van der Waals surface area contributed by atoms with E-state index in [0.717, 1.165) is 20.7 Å². The van der Waals surface area contributed by atoms with Crippen LogP contribution in [0, 0.1) is 11.6 Å². The molecule has 2 aliphatic rings. The van der Waals surface area contributed by atoms with E-state index in [4.69, 9.17) is 11.5 Å². The molecule has 18 heteroatoms. The van der Waals surface area contributed by atoms with E-state index in [0.29, 0.717) is 11.6 Å². The van der Waals surface area contributed by atoms with E-state index >= 15 is 0 Å². The molecule has 0 aliphatic carbocycles. The molecule has 0 radical (unpaired) electrons. The Bertz CT molecular complexity index is 1790. The number of nitrogens with two attached hydrogens (primary N) is 2. The van der Waals surface area contributed by atoms with E-state index < -0.39 is 54.3 Å². The molecule has 0 saturated carbocycles. The van der Waals surface area contributed by atoms with Gasteiger partial charge in [0.2, 0.25) is 32.0 Å². The van der Waals surface area contributed by atoms with Crippen molar-refractivity contribution >= 4 is 43.6 Å². The van der Waals surface area contributed by atoms with Crippen molar-refractivity contribution in [1.82, 2.24) is 18.6 Å². The fraction of sp³-hybridized carbons (Fsp3) is 0.500. The second-order valence-electron chi connectivity index (χ2n) is 11.5. The lowest BCUT2D eigenvalue weighted by atomic mass is 10.00. The quantitative estimate of drug-likeness (QED) is 0.336. The third kappa shape index (κ3) is 7.83. The Hall–Kier alpha value is -4.06. The van der Waals surface area contributed by atoms with Gasteiger partial charge in [0.1, 0.15) is 57.2 Å². The molecule has 0 fully saturated rings. The van der Waals surface area contributed by atoms with Crippen LogP contribution in [0.2, 0.25) is 0 Å². The molecule has 4 rings (SSSR count). The standard InChI is InChI=1S/C14H22FN5O2S.C14H20FN5O2S/c2*1-5-9(2)17-11-7-6-10(15)12(18-11)14(3)8-23(21,22)20(4)13(16)19-14/h6-7,9H,5,8H2,1-4H3,(H2,16,19)(H,17,18);5-7H,8H2,1-4H3,(H2,16,19)(H,17,18)/t9?,14-;14-/m00/s1. The van der Waals surface area contributed by atoms with E-state index in [9.17, 15) is 25.6 Å². The van der Waals surface area contributed by atoms with E-state index in [1.807, 2.05) is 33.8 Å². The number of aromatic nitrogens is 2. The maximum absolute atomic E-state index is 14.3. The number of nitrogens with one attached hydrogen (secondary N) is 2. The van der Waals surface area contributed by atoms with Gasteiger partial charge in [0.25, 0.3) is 0 Å². The summed E-state index contributed by atoms with van der Waals surface area (Å²) < 4.78 is 79.1. The Morgan fingerprint density at radius 3 is 1.72 bits per heavy atom. The Morgan fingerprint density at radius 1 is 0.913 bits per heavy atom. The zero-order chi connectivity index (χ0) is 34.8. The normalized spacial score (nSPS) is 24.6. The van der Waals surface area contributed by atoms with Crippen molar-refractivity contribution in [3.05, 3.63) is 59.1 Å². The number of pyridine rings is 2. The van der Waals surface area contributed by atoms with E-state index in [1.165, 1.54) is 52.2 Å². The summed E-state index contributed by atoms with van der Waals surface area (Å²) in [7, 11) is -4.73. The maximum atomic E-state index is 14.3. The summed E-state index contributed by atoms with van der Waals surface area (Å²) >= 11 is 0. The number of hydrogen-bond donors (Lipinski definition) is 4. The molecule has 0 aromatic carbocycles. The second kappa shape index (κ2) is 13.4. The van der Waals surface area contributed by atoms with Crippen LogP contribution in [0.5, 0.6) is 0 Å². The van der Waals surface area contributed by atoms with Crippen LogP contribution in [0.15, 0.2) is 46.0 Å². The molecule has 0 saturated heterocycles. The number of guanidine groups is 2. The van der Waals surface area contributed by atoms with Crippen molar-refractivity contribution in [3.8, 4) is 0 Å². The first-order valence-corrected chi connectivity index (χ1v) is 17.5. The van der Waals surface area contributed by atoms with Crippen LogP contribution in [0.25, 0.3) is 0 Å². The smallest absolute Gasteiger partial charge is 0.239 e. The fourth-order valence-electron chi connectivity index (χ4n) is 4.56. The predicted octanol–water partition coefficient (Wildman–Crippen LogP) is 2.60. The molecular formula is C28H42F2N10O4S2. The summed E-state index contributed by atoms with van der Waals surface area (Å²) in [4.78, 5) is 16.8. The molecule has 46 heavy (non-hydrogen) atoms. The minimum absolute atomic E-state index is 0.0366. The van der Waals surface area contributed by atoms with Gasteiger partial charge in [-0.2, -0.15) is 0 Å². The highest BCUT2D eigenvalue weighted by Crippen LogP contribution is 2.34. The monoisotopic (exact) mass is 684 g/mol. The lowest BCUT2D eigenvalue weighted by Crippen LogP contribution is -2.50. The highest BCUT2D eigenvalue weighted by Gasteiger charge is 2.44. The molecule has 254 valence electrons. The second-order valence-corrected chi connectivity index (χ2v) is 15.5. The van der Waals surface area contributed by atoms with Gasteiger partial charge < -0.3 is 22.1 Å². The molecule has 14 nitrogen and oxygen atoms in total. The van der Waals surface area contributed by atoms with Crippen LogP contribution in [0.3, 0.4) is 0 Å². The van der Waals surface area contributed by atoms with Crippen molar-refractivity contribution in [3.63, 3.8) is 0 Å². The Balaban J connectivity index is 0.000000250. The van der Waals surface area contributed by atoms with Crippen LogP contribution in [-0.4, -0.2) is 79.0 Å². The van der Waals surface area contributed by atoms with Gasteiger partial charge >= 0.3 is 0 Å². The van der Waals surface area contributed by atoms with Crippen molar-refractivity contribution in [2.75, 3.05) is 36.2 Å². The average Bonchev–Trinajstić information content (AvgIpc) is 2.96. The number of aliphatic imine (C=N–C) groups is 2. The largest absolute Gasteiger partial charge is 0.369 e. The van der Waals surface area contributed by atoms with Crippen LogP contribution in [0.1, 0.15) is 59.4 Å². The Morgan fingerprint density at radius 2 is 1.33 bits per heavy atom. The topological polar surface area (TPSA) is 201 Å². The van der Waals surface area contributed by atoms with Crippen LogP contribution >= 0.6 is 0 Å². The van der Waals surface area contributed by atoms with Gasteiger partial charge in [-0.3, -0.25) is 0 Å².